The van der Waals surface area contributed by atoms with E-state index in [4.69, 9.17) is 14.2 Å². The van der Waals surface area contributed by atoms with Crippen molar-refractivity contribution in [2.24, 2.45) is 4.99 Å². The molecule has 6 heteroatoms. The lowest BCUT2D eigenvalue weighted by Crippen LogP contribution is -2.42. The molecule has 5 nitrogen and oxygen atoms in total. The summed E-state index contributed by atoms with van der Waals surface area (Å²) >= 11 is 1.21. The van der Waals surface area contributed by atoms with Gasteiger partial charge >= 0.3 is 5.24 Å². The second-order valence-electron chi connectivity index (χ2n) is 8.66. The van der Waals surface area contributed by atoms with Crippen molar-refractivity contribution < 1.29 is 19.0 Å². The Kier molecular flexibility index (Phi) is 6.02. The number of nitrogens with zero attached hydrogens (tertiary/aromatic N) is 1. The van der Waals surface area contributed by atoms with Gasteiger partial charge in [0.2, 0.25) is 5.90 Å². The lowest BCUT2D eigenvalue weighted by molar-refractivity contribution is 0.0167. The summed E-state index contributed by atoms with van der Waals surface area (Å²) in [7, 11) is 1.55. The molecule has 0 aromatic heterocycles. The van der Waals surface area contributed by atoms with Crippen LogP contribution in [0.1, 0.15) is 41.2 Å². The zero-order chi connectivity index (χ0) is 22.2. The molecular formula is C25H29NO4S. The van der Waals surface area contributed by atoms with E-state index in [2.05, 4.69) is 38.8 Å². The Morgan fingerprint density at radius 1 is 1.19 bits per heavy atom. The number of carbonyl (C=O) groups excluding carboxylic acids is 1. The molecule has 0 saturated carbocycles. The zero-order valence-corrected chi connectivity index (χ0v) is 19.6. The second kappa shape index (κ2) is 8.58. The predicted molar refractivity (Wildman–Crippen MR) is 125 cm³/mol. The molecule has 0 fully saturated rings. The molecule has 0 spiro atoms. The number of fused-ring (bicyclic) bond motifs is 1. The maximum absolute atomic E-state index is 11.5. The first kappa shape index (κ1) is 21.8. The van der Waals surface area contributed by atoms with Crippen LogP contribution < -0.4 is 9.47 Å². The van der Waals surface area contributed by atoms with Crippen LogP contribution in [0.25, 0.3) is 0 Å². The molecule has 2 aliphatic rings. The number of hydrogen-bond donors (Lipinski definition) is 0. The minimum Gasteiger partial charge on any atom is -0.489 e. The molecule has 2 unspecified atom stereocenters. The van der Waals surface area contributed by atoms with Gasteiger partial charge in [-0.05, 0) is 98.7 Å². The number of aryl methyl sites for hydroxylation is 2. The Bertz CT molecular complexity index is 1030. The summed E-state index contributed by atoms with van der Waals surface area (Å²) in [5, 5.41) is -0.251. The minimum atomic E-state index is -0.360. The summed E-state index contributed by atoms with van der Waals surface area (Å²) in [6, 6.07) is 10.3. The number of aliphatic imine (C=N–C) groups is 1. The number of hydrogen-bond acceptors (Lipinski definition) is 5. The maximum Gasteiger partial charge on any atom is 0.308 e. The van der Waals surface area contributed by atoms with E-state index in [-0.39, 0.29) is 16.1 Å². The number of thioether (sulfide) groups is 1. The molecule has 2 aliphatic heterocycles. The molecule has 2 heterocycles. The Labute approximate surface area is 188 Å². The van der Waals surface area contributed by atoms with Gasteiger partial charge in [-0.15, -0.1) is 0 Å². The average molecular weight is 440 g/mol. The smallest absolute Gasteiger partial charge is 0.308 e. The zero-order valence-electron chi connectivity index (χ0n) is 18.8. The van der Waals surface area contributed by atoms with E-state index in [9.17, 15) is 4.79 Å². The van der Waals surface area contributed by atoms with Gasteiger partial charge in [0.1, 0.15) is 23.7 Å². The van der Waals surface area contributed by atoms with Crippen LogP contribution in [0, 0.1) is 20.8 Å². The fourth-order valence-corrected chi connectivity index (χ4v) is 5.09. The van der Waals surface area contributed by atoms with E-state index < -0.39 is 0 Å². The molecule has 2 aromatic carbocycles. The van der Waals surface area contributed by atoms with Crippen LogP contribution in [0.2, 0.25) is 0 Å². The van der Waals surface area contributed by atoms with Crippen LogP contribution in [0.4, 0.5) is 4.79 Å². The van der Waals surface area contributed by atoms with E-state index in [0.717, 1.165) is 29.9 Å². The molecular weight excluding hydrogens is 410 g/mol. The number of methoxy groups -OCH3 is 1. The largest absolute Gasteiger partial charge is 0.489 e. The van der Waals surface area contributed by atoms with Crippen molar-refractivity contribution in [1.29, 1.82) is 0 Å². The maximum atomic E-state index is 11.5. The summed E-state index contributed by atoms with van der Waals surface area (Å²) in [6.07, 6.45) is 2.62. The highest BCUT2D eigenvalue weighted by atomic mass is 32.2. The SMILES string of the molecule is COC1=NC(=O)SC1Cc1ccc(OCC2(C)CCc3c(C)cc(C)c(C)c3O2)cc1. The third-order valence-corrected chi connectivity index (χ3v) is 7.13. The Morgan fingerprint density at radius 3 is 2.65 bits per heavy atom. The highest BCUT2D eigenvalue weighted by molar-refractivity contribution is 8.15. The van der Waals surface area contributed by atoms with Gasteiger partial charge in [-0.25, -0.2) is 0 Å². The van der Waals surface area contributed by atoms with Gasteiger partial charge in [-0.2, -0.15) is 4.99 Å². The highest BCUT2D eigenvalue weighted by Crippen LogP contribution is 2.39. The molecule has 0 radical (unpaired) electrons. The number of ether oxygens (including phenoxy) is 3. The normalized spacial score (nSPS) is 22.5. The molecule has 0 saturated heterocycles. The number of carbonyl (C=O) groups is 1. The van der Waals surface area contributed by atoms with E-state index in [1.165, 1.54) is 34.0 Å². The first-order valence-electron chi connectivity index (χ1n) is 10.6. The third-order valence-electron chi connectivity index (χ3n) is 6.19. The second-order valence-corrected chi connectivity index (χ2v) is 9.81. The lowest BCUT2D eigenvalue weighted by Gasteiger charge is -2.37. The van der Waals surface area contributed by atoms with E-state index in [1.807, 2.05) is 24.3 Å². The molecule has 164 valence electrons. The Hall–Kier alpha value is -2.47. The average Bonchev–Trinajstić information content (AvgIpc) is 3.10. The van der Waals surface area contributed by atoms with Crippen molar-refractivity contribution in [1.82, 2.24) is 0 Å². The van der Waals surface area contributed by atoms with Gasteiger partial charge < -0.3 is 14.2 Å². The topological polar surface area (TPSA) is 57.1 Å². The van der Waals surface area contributed by atoms with Crippen LogP contribution in [0.3, 0.4) is 0 Å². The first-order valence-corrected chi connectivity index (χ1v) is 11.5. The minimum absolute atomic E-state index is 0.0611. The molecule has 31 heavy (non-hydrogen) atoms. The summed E-state index contributed by atoms with van der Waals surface area (Å²) in [5.74, 6) is 2.34. The van der Waals surface area contributed by atoms with Crippen LogP contribution in [-0.2, 0) is 17.6 Å². The first-order chi connectivity index (χ1) is 14.8. The van der Waals surface area contributed by atoms with Crippen molar-refractivity contribution in [3.63, 3.8) is 0 Å². The lowest BCUT2D eigenvalue weighted by atomic mass is 9.88. The van der Waals surface area contributed by atoms with Crippen molar-refractivity contribution in [3.8, 4) is 11.5 Å². The van der Waals surface area contributed by atoms with Gasteiger partial charge in [0.05, 0.1) is 12.4 Å². The fraction of sp³-hybridized carbons (Fsp3) is 0.440. The van der Waals surface area contributed by atoms with Gasteiger partial charge in [-0.1, -0.05) is 18.2 Å². The van der Waals surface area contributed by atoms with Crippen LogP contribution in [0.5, 0.6) is 11.5 Å². The van der Waals surface area contributed by atoms with Gasteiger partial charge in [0.25, 0.3) is 0 Å². The summed E-state index contributed by atoms with van der Waals surface area (Å²) in [5.41, 5.74) is 5.87. The molecule has 0 bridgehead atoms. The van der Waals surface area contributed by atoms with Crippen molar-refractivity contribution in [3.05, 3.63) is 58.1 Å². The standard InChI is InChI=1S/C25H29NO4S/c1-15-12-16(2)20-10-11-25(4,30-22(20)17(15)3)14-29-19-8-6-18(7-9-19)13-21-23(28-5)26-24(27)31-21/h6-9,12,21H,10-11,13-14H2,1-5H3. The molecule has 4 rings (SSSR count). The molecule has 0 N–H and O–H groups in total. The van der Waals surface area contributed by atoms with Crippen molar-refractivity contribution in [2.75, 3.05) is 13.7 Å². The van der Waals surface area contributed by atoms with E-state index in [0.29, 0.717) is 18.9 Å². The van der Waals surface area contributed by atoms with Crippen molar-refractivity contribution in [2.45, 2.75) is 57.8 Å². The van der Waals surface area contributed by atoms with Crippen LogP contribution in [0.15, 0.2) is 35.3 Å². The van der Waals surface area contributed by atoms with Gasteiger partial charge in [-0.3, -0.25) is 4.79 Å². The number of amides is 1. The fourth-order valence-electron chi connectivity index (χ4n) is 4.18. The molecule has 0 aliphatic carbocycles. The summed E-state index contributed by atoms with van der Waals surface area (Å²) < 4.78 is 17.8. The quantitative estimate of drug-likeness (QED) is 0.607. The monoisotopic (exact) mass is 439 g/mol. The number of benzene rings is 2. The van der Waals surface area contributed by atoms with Crippen LogP contribution >= 0.6 is 11.8 Å². The van der Waals surface area contributed by atoms with Crippen LogP contribution in [-0.4, -0.2) is 35.7 Å². The molecule has 2 aromatic rings. The van der Waals surface area contributed by atoms with E-state index in [1.54, 1.807) is 7.11 Å². The molecule has 1 amide bonds. The van der Waals surface area contributed by atoms with Gasteiger partial charge in [0.15, 0.2) is 0 Å². The Balaban J connectivity index is 1.39. The third kappa shape index (κ3) is 4.59. The van der Waals surface area contributed by atoms with E-state index >= 15 is 0 Å². The number of rotatable bonds is 5. The van der Waals surface area contributed by atoms with Crippen molar-refractivity contribution >= 4 is 22.9 Å². The Morgan fingerprint density at radius 2 is 1.94 bits per heavy atom. The predicted octanol–water partition coefficient (Wildman–Crippen LogP) is 5.60. The summed E-state index contributed by atoms with van der Waals surface area (Å²) in [6.45, 7) is 9.05. The summed E-state index contributed by atoms with van der Waals surface area (Å²) in [4.78, 5) is 15.4. The highest BCUT2D eigenvalue weighted by Gasteiger charge is 2.34. The van der Waals surface area contributed by atoms with Gasteiger partial charge in [0, 0.05) is 0 Å². The molecule has 2 atom stereocenters.